The molecule has 1 aliphatic rings. The number of amidine groups is 1. The van der Waals surface area contributed by atoms with Crippen molar-refractivity contribution in [1.82, 2.24) is 9.88 Å². The van der Waals surface area contributed by atoms with Crippen LogP contribution < -0.4 is 0 Å². The van der Waals surface area contributed by atoms with Crippen molar-refractivity contribution in [2.24, 2.45) is 4.99 Å². The van der Waals surface area contributed by atoms with Crippen molar-refractivity contribution < 1.29 is 0 Å². The maximum absolute atomic E-state index is 4.71. The number of aromatic nitrogens is 1. The van der Waals surface area contributed by atoms with E-state index < -0.39 is 0 Å². The molecule has 1 aliphatic heterocycles. The maximum atomic E-state index is 4.71. The molecule has 1 aromatic carbocycles. The molecule has 1 unspecified atom stereocenters. The number of hydrogen-bond acceptors (Lipinski definition) is 3. The zero-order chi connectivity index (χ0) is 13.2. The third-order valence-corrected chi connectivity index (χ3v) is 3.69. The highest BCUT2D eigenvalue weighted by atomic mass is 15.2. The Bertz CT molecular complexity index is 604. The first-order chi connectivity index (χ1) is 9.25. The first kappa shape index (κ1) is 11.9. The van der Waals surface area contributed by atoms with Crippen LogP contribution in [0.15, 0.2) is 53.7 Å². The van der Waals surface area contributed by atoms with Gasteiger partial charge < -0.3 is 4.90 Å². The summed E-state index contributed by atoms with van der Waals surface area (Å²) >= 11 is 0. The summed E-state index contributed by atoms with van der Waals surface area (Å²) in [5.74, 6) is 1.03. The van der Waals surface area contributed by atoms with Crippen LogP contribution in [0.4, 0.5) is 5.69 Å². The van der Waals surface area contributed by atoms with Crippen molar-refractivity contribution in [3.05, 3.63) is 59.9 Å². The predicted molar refractivity (Wildman–Crippen MR) is 77.7 cm³/mol. The van der Waals surface area contributed by atoms with Crippen LogP contribution in [0.5, 0.6) is 0 Å². The van der Waals surface area contributed by atoms with Gasteiger partial charge in [-0.25, -0.2) is 4.99 Å². The minimum atomic E-state index is 0.244. The molecule has 19 heavy (non-hydrogen) atoms. The molecule has 0 bridgehead atoms. The molecule has 0 saturated carbocycles. The normalized spacial score (nSPS) is 18.5. The van der Waals surface area contributed by atoms with Gasteiger partial charge in [0.1, 0.15) is 5.84 Å². The quantitative estimate of drug-likeness (QED) is 0.777. The number of rotatable bonds is 1. The van der Waals surface area contributed by atoms with Gasteiger partial charge in [0.25, 0.3) is 0 Å². The Kier molecular flexibility index (Phi) is 3.03. The molecule has 0 aliphatic carbocycles. The summed E-state index contributed by atoms with van der Waals surface area (Å²) in [6.45, 7) is 2.05. The van der Waals surface area contributed by atoms with E-state index >= 15 is 0 Å². The third-order valence-electron chi connectivity index (χ3n) is 3.69. The lowest BCUT2D eigenvalue weighted by Crippen LogP contribution is -2.30. The van der Waals surface area contributed by atoms with E-state index in [1.807, 2.05) is 24.4 Å². The van der Waals surface area contributed by atoms with Gasteiger partial charge in [-0.3, -0.25) is 4.98 Å². The van der Waals surface area contributed by atoms with Gasteiger partial charge in [-0.2, -0.15) is 0 Å². The number of fused-ring (bicyclic) bond motifs is 1. The number of benzene rings is 1. The molecule has 3 rings (SSSR count). The Morgan fingerprint density at radius 3 is 2.68 bits per heavy atom. The van der Waals surface area contributed by atoms with E-state index in [1.165, 1.54) is 5.56 Å². The Labute approximate surface area is 113 Å². The smallest absolute Gasteiger partial charge is 0.102 e. The van der Waals surface area contributed by atoms with Crippen molar-refractivity contribution >= 4 is 11.5 Å². The topological polar surface area (TPSA) is 28.5 Å². The lowest BCUT2D eigenvalue weighted by atomic mass is 10.0. The van der Waals surface area contributed by atoms with Crippen LogP contribution in [0.3, 0.4) is 0 Å². The van der Waals surface area contributed by atoms with E-state index in [4.69, 9.17) is 4.99 Å². The van der Waals surface area contributed by atoms with Crippen molar-refractivity contribution in [3.63, 3.8) is 0 Å². The van der Waals surface area contributed by atoms with Gasteiger partial charge in [-0.05, 0) is 30.7 Å². The summed E-state index contributed by atoms with van der Waals surface area (Å²) in [5, 5.41) is 0. The van der Waals surface area contributed by atoms with E-state index in [1.54, 1.807) is 0 Å². The van der Waals surface area contributed by atoms with Crippen LogP contribution in [-0.2, 0) is 6.42 Å². The Morgan fingerprint density at radius 1 is 1.11 bits per heavy atom. The van der Waals surface area contributed by atoms with Crippen molar-refractivity contribution in [2.75, 3.05) is 7.05 Å². The fraction of sp³-hybridized carbons (Fsp3) is 0.250. The Hall–Kier alpha value is -2.16. The van der Waals surface area contributed by atoms with Crippen LogP contribution in [0.25, 0.3) is 0 Å². The number of aliphatic imine (C=N–C) groups is 1. The molecule has 0 saturated heterocycles. The fourth-order valence-electron chi connectivity index (χ4n) is 2.49. The Balaban J connectivity index is 2.06. The van der Waals surface area contributed by atoms with Crippen molar-refractivity contribution in [2.45, 2.75) is 19.4 Å². The summed E-state index contributed by atoms with van der Waals surface area (Å²) in [5.41, 5.74) is 3.45. The van der Waals surface area contributed by atoms with Crippen LogP contribution in [0, 0.1) is 0 Å². The van der Waals surface area contributed by atoms with Crippen molar-refractivity contribution in [1.29, 1.82) is 0 Å². The molecule has 1 atom stereocenters. The zero-order valence-electron chi connectivity index (χ0n) is 11.2. The number of likely N-dealkylation sites (N-methyl/N-ethyl adjacent to an activating group) is 1. The third kappa shape index (κ3) is 2.24. The largest absolute Gasteiger partial charge is 0.354 e. The molecular weight excluding hydrogens is 234 g/mol. The van der Waals surface area contributed by atoms with Crippen LogP contribution in [0.1, 0.15) is 24.2 Å². The first-order valence-corrected chi connectivity index (χ1v) is 6.52. The standard InChI is InChI=1S/C16H17N3/c1-12-18-14-8-4-3-7-13(14)11-16(19(12)2)15-9-5-6-10-17-15/h3-10,16H,11H2,1-2H3. The molecule has 1 aromatic heterocycles. The van der Waals surface area contributed by atoms with Crippen LogP contribution in [0.2, 0.25) is 0 Å². The average Bonchev–Trinajstić information content (AvgIpc) is 2.58. The van der Waals surface area contributed by atoms with E-state index in [-0.39, 0.29) is 6.04 Å². The number of hydrogen-bond donors (Lipinski definition) is 0. The van der Waals surface area contributed by atoms with Gasteiger partial charge in [-0.15, -0.1) is 0 Å². The molecule has 0 amide bonds. The maximum Gasteiger partial charge on any atom is 0.102 e. The van der Waals surface area contributed by atoms with E-state index in [9.17, 15) is 0 Å². The van der Waals surface area contributed by atoms with E-state index in [0.29, 0.717) is 0 Å². The number of pyridine rings is 1. The second kappa shape index (κ2) is 4.84. The second-order valence-corrected chi connectivity index (χ2v) is 4.87. The minimum Gasteiger partial charge on any atom is -0.354 e. The highest BCUT2D eigenvalue weighted by Crippen LogP contribution is 2.31. The van der Waals surface area contributed by atoms with Gasteiger partial charge in [0, 0.05) is 19.7 Å². The van der Waals surface area contributed by atoms with Crippen molar-refractivity contribution in [3.8, 4) is 0 Å². The average molecular weight is 251 g/mol. The summed E-state index contributed by atoms with van der Waals surface area (Å²) in [7, 11) is 2.09. The Morgan fingerprint density at radius 2 is 1.89 bits per heavy atom. The van der Waals surface area contributed by atoms with Crippen LogP contribution >= 0.6 is 0 Å². The zero-order valence-corrected chi connectivity index (χ0v) is 11.2. The molecule has 2 heterocycles. The second-order valence-electron chi connectivity index (χ2n) is 4.87. The highest BCUT2D eigenvalue weighted by Gasteiger charge is 2.23. The monoisotopic (exact) mass is 251 g/mol. The molecule has 3 nitrogen and oxygen atoms in total. The summed E-state index contributed by atoms with van der Waals surface area (Å²) in [4.78, 5) is 11.4. The van der Waals surface area contributed by atoms with Gasteiger partial charge in [0.15, 0.2) is 0 Å². The van der Waals surface area contributed by atoms with Gasteiger partial charge in [0.2, 0.25) is 0 Å². The molecule has 2 aromatic rings. The molecule has 3 heteroatoms. The molecule has 0 radical (unpaired) electrons. The number of nitrogens with zero attached hydrogens (tertiary/aromatic N) is 3. The fourth-order valence-corrected chi connectivity index (χ4v) is 2.49. The highest BCUT2D eigenvalue weighted by molar-refractivity contribution is 5.84. The van der Waals surface area contributed by atoms with Gasteiger partial charge in [0.05, 0.1) is 17.4 Å². The molecular formula is C16H17N3. The summed E-state index contributed by atoms with van der Waals surface area (Å²) in [6, 6.07) is 14.7. The van der Waals surface area contributed by atoms with E-state index in [0.717, 1.165) is 23.6 Å². The molecule has 0 N–H and O–H groups in total. The van der Waals surface area contributed by atoms with Gasteiger partial charge in [-0.1, -0.05) is 24.3 Å². The molecule has 0 spiro atoms. The van der Waals surface area contributed by atoms with Crippen LogP contribution in [-0.4, -0.2) is 22.8 Å². The first-order valence-electron chi connectivity index (χ1n) is 6.52. The lowest BCUT2D eigenvalue weighted by molar-refractivity contribution is 0.366. The summed E-state index contributed by atoms with van der Waals surface area (Å²) < 4.78 is 0. The minimum absolute atomic E-state index is 0.244. The van der Waals surface area contributed by atoms with Gasteiger partial charge >= 0.3 is 0 Å². The molecule has 0 fully saturated rings. The molecule has 96 valence electrons. The number of para-hydroxylation sites is 1. The van der Waals surface area contributed by atoms with E-state index in [2.05, 4.69) is 48.1 Å². The lowest BCUT2D eigenvalue weighted by Gasteiger charge is -2.27. The predicted octanol–water partition coefficient (Wildman–Crippen LogP) is 3.36. The SMILES string of the molecule is CC1=Nc2ccccc2CC(c2ccccn2)N1C. The summed E-state index contributed by atoms with van der Waals surface area (Å²) in [6.07, 6.45) is 2.79.